The van der Waals surface area contributed by atoms with Crippen molar-refractivity contribution in [3.8, 4) is 0 Å². The second kappa shape index (κ2) is 8.12. The van der Waals surface area contributed by atoms with E-state index in [2.05, 4.69) is 5.32 Å². The van der Waals surface area contributed by atoms with Gasteiger partial charge in [-0.25, -0.2) is 17.2 Å². The van der Waals surface area contributed by atoms with Crippen LogP contribution < -0.4 is 10.2 Å². The van der Waals surface area contributed by atoms with Crippen molar-refractivity contribution in [2.75, 3.05) is 38.5 Å². The molecule has 150 valence electrons. The quantitative estimate of drug-likeness (QED) is 0.770. The fourth-order valence-corrected chi connectivity index (χ4v) is 4.52. The normalized spacial score (nSPS) is 16.1. The molecule has 6 nitrogen and oxygen atoms in total. The number of halogens is 3. The van der Waals surface area contributed by atoms with Gasteiger partial charge >= 0.3 is 0 Å². The zero-order valence-electron chi connectivity index (χ0n) is 15.0. The maximum atomic E-state index is 14.2. The lowest BCUT2D eigenvalue weighted by molar-refractivity contribution is -0.883. The zero-order valence-corrected chi connectivity index (χ0v) is 16.6. The lowest BCUT2D eigenvalue weighted by Gasteiger charge is -2.29. The van der Waals surface area contributed by atoms with Gasteiger partial charge in [0.15, 0.2) is 0 Å². The number of rotatable bonds is 4. The summed E-state index contributed by atoms with van der Waals surface area (Å²) in [5, 5.41) is 2.19. The van der Waals surface area contributed by atoms with Crippen LogP contribution in [-0.2, 0) is 10.0 Å². The number of sulfonamides is 1. The molecule has 1 aliphatic rings. The SMILES string of the molecule is C[NH+]1CCN(S(=O)(=O)c2ccc(F)c(C(=O)Nc3ccc(F)c(Cl)c3)c2)CC1. The van der Waals surface area contributed by atoms with Crippen LogP contribution in [0.5, 0.6) is 0 Å². The zero-order chi connectivity index (χ0) is 20.5. The summed E-state index contributed by atoms with van der Waals surface area (Å²) in [6, 6.07) is 6.60. The maximum absolute atomic E-state index is 14.2. The first-order valence-corrected chi connectivity index (χ1v) is 10.4. The Hall–Kier alpha value is -2.07. The standard InChI is InChI=1S/C18H18ClF2N3O3S/c1-23-6-8-24(9-7-23)28(26,27)13-3-5-16(20)14(11-13)18(25)22-12-2-4-17(21)15(19)10-12/h2-5,10-11H,6-9H2,1H3,(H,22,25)/p+1. The molecule has 0 radical (unpaired) electrons. The summed E-state index contributed by atoms with van der Waals surface area (Å²) < 4.78 is 54.4. The number of nitrogens with zero attached hydrogens (tertiary/aromatic N) is 1. The number of amides is 1. The van der Waals surface area contributed by atoms with Crippen LogP contribution in [0.2, 0.25) is 5.02 Å². The minimum absolute atomic E-state index is 0.157. The highest BCUT2D eigenvalue weighted by molar-refractivity contribution is 7.89. The van der Waals surface area contributed by atoms with E-state index in [1.807, 2.05) is 7.05 Å². The van der Waals surface area contributed by atoms with E-state index >= 15 is 0 Å². The molecule has 2 aromatic rings. The third-order valence-corrected chi connectivity index (χ3v) is 6.76. The predicted molar refractivity (Wildman–Crippen MR) is 101 cm³/mol. The van der Waals surface area contributed by atoms with Crippen molar-refractivity contribution >= 4 is 33.2 Å². The number of anilines is 1. The lowest BCUT2D eigenvalue weighted by atomic mass is 10.2. The van der Waals surface area contributed by atoms with Crippen LogP contribution in [0.1, 0.15) is 10.4 Å². The number of piperazine rings is 1. The van der Waals surface area contributed by atoms with Crippen molar-refractivity contribution < 1.29 is 26.9 Å². The number of hydrogen-bond acceptors (Lipinski definition) is 3. The first-order valence-electron chi connectivity index (χ1n) is 8.56. The highest BCUT2D eigenvalue weighted by Crippen LogP contribution is 2.22. The molecule has 1 fully saturated rings. The van der Waals surface area contributed by atoms with E-state index in [0.29, 0.717) is 26.2 Å². The fourth-order valence-electron chi connectivity index (χ4n) is 2.87. The Labute approximate surface area is 166 Å². The Bertz CT molecular complexity index is 1010. The molecular formula is C18H19ClF2N3O3S+. The lowest BCUT2D eigenvalue weighted by Crippen LogP contribution is -3.12. The molecule has 0 aromatic heterocycles. The summed E-state index contributed by atoms with van der Waals surface area (Å²) in [7, 11) is -1.86. The van der Waals surface area contributed by atoms with Crippen LogP contribution in [0.3, 0.4) is 0 Å². The van der Waals surface area contributed by atoms with Crippen LogP contribution in [0.15, 0.2) is 41.3 Å². The van der Waals surface area contributed by atoms with E-state index < -0.39 is 33.1 Å². The van der Waals surface area contributed by atoms with Crippen LogP contribution in [0, 0.1) is 11.6 Å². The summed E-state index contributed by atoms with van der Waals surface area (Å²) >= 11 is 5.67. The molecule has 2 aromatic carbocycles. The van der Waals surface area contributed by atoms with Gasteiger partial charge in [0.05, 0.1) is 48.7 Å². The highest BCUT2D eigenvalue weighted by Gasteiger charge is 2.30. The summed E-state index contributed by atoms with van der Waals surface area (Å²) in [4.78, 5) is 13.5. The van der Waals surface area contributed by atoms with Gasteiger partial charge in [0, 0.05) is 5.69 Å². The minimum atomic E-state index is -3.84. The number of nitrogens with one attached hydrogen (secondary N) is 2. The van der Waals surface area contributed by atoms with E-state index in [1.54, 1.807) is 0 Å². The molecule has 1 amide bonds. The van der Waals surface area contributed by atoms with Gasteiger partial charge in [0.1, 0.15) is 11.6 Å². The molecule has 0 spiro atoms. The molecule has 1 saturated heterocycles. The van der Waals surface area contributed by atoms with Gasteiger partial charge in [-0.2, -0.15) is 4.31 Å². The average Bonchev–Trinajstić information content (AvgIpc) is 2.65. The van der Waals surface area contributed by atoms with Crippen LogP contribution in [0.25, 0.3) is 0 Å². The first-order chi connectivity index (χ1) is 13.2. The molecule has 0 aliphatic carbocycles. The van der Waals surface area contributed by atoms with Gasteiger partial charge in [0.25, 0.3) is 5.91 Å². The third kappa shape index (κ3) is 4.33. The van der Waals surface area contributed by atoms with Crippen LogP contribution in [-0.4, -0.2) is 51.9 Å². The van der Waals surface area contributed by atoms with E-state index in [1.165, 1.54) is 21.3 Å². The van der Waals surface area contributed by atoms with Crippen molar-refractivity contribution in [2.45, 2.75) is 4.90 Å². The van der Waals surface area contributed by atoms with Gasteiger partial charge in [-0.15, -0.1) is 0 Å². The van der Waals surface area contributed by atoms with E-state index in [0.717, 1.165) is 24.3 Å². The minimum Gasteiger partial charge on any atom is -0.335 e. The van der Waals surface area contributed by atoms with E-state index in [9.17, 15) is 22.0 Å². The van der Waals surface area contributed by atoms with Gasteiger partial charge in [-0.1, -0.05) is 11.6 Å². The summed E-state index contributed by atoms with van der Waals surface area (Å²) in [5.41, 5.74) is -0.271. The van der Waals surface area contributed by atoms with Gasteiger partial charge < -0.3 is 10.2 Å². The molecule has 0 unspecified atom stereocenters. The second-order valence-electron chi connectivity index (χ2n) is 6.59. The molecular weight excluding hydrogens is 412 g/mol. The number of quaternary nitrogens is 1. The largest absolute Gasteiger partial charge is 0.335 e. The monoisotopic (exact) mass is 430 g/mol. The number of hydrogen-bond donors (Lipinski definition) is 2. The molecule has 28 heavy (non-hydrogen) atoms. The summed E-state index contributed by atoms with van der Waals surface area (Å²) in [6.45, 7) is 2.03. The number of benzene rings is 2. The maximum Gasteiger partial charge on any atom is 0.258 e. The molecule has 0 bridgehead atoms. The van der Waals surface area contributed by atoms with Gasteiger partial charge in [-0.3, -0.25) is 4.79 Å². The molecule has 0 atom stereocenters. The second-order valence-corrected chi connectivity index (χ2v) is 8.93. The number of likely N-dealkylation sites (N-methyl/N-ethyl adjacent to an activating group) is 1. The Morgan fingerprint density at radius 3 is 2.39 bits per heavy atom. The highest BCUT2D eigenvalue weighted by atomic mass is 35.5. The van der Waals surface area contributed by atoms with Crippen molar-refractivity contribution in [3.05, 3.63) is 58.6 Å². The van der Waals surface area contributed by atoms with Crippen LogP contribution >= 0.6 is 11.6 Å². The number of carbonyl (C=O) groups is 1. The molecule has 10 heteroatoms. The smallest absolute Gasteiger partial charge is 0.258 e. The Morgan fingerprint density at radius 2 is 1.75 bits per heavy atom. The van der Waals surface area contributed by atoms with Crippen molar-refractivity contribution in [1.82, 2.24) is 4.31 Å². The Morgan fingerprint density at radius 1 is 1.11 bits per heavy atom. The van der Waals surface area contributed by atoms with Crippen LogP contribution in [0.4, 0.5) is 14.5 Å². The van der Waals surface area contributed by atoms with E-state index in [4.69, 9.17) is 11.6 Å². The van der Waals surface area contributed by atoms with E-state index in [-0.39, 0.29) is 15.6 Å². The number of carbonyl (C=O) groups excluding carboxylic acids is 1. The average molecular weight is 431 g/mol. The summed E-state index contributed by atoms with van der Waals surface area (Å²) in [5.74, 6) is -2.39. The van der Waals surface area contributed by atoms with Crippen molar-refractivity contribution in [3.63, 3.8) is 0 Å². The van der Waals surface area contributed by atoms with Gasteiger partial charge in [0.2, 0.25) is 10.0 Å². The topological polar surface area (TPSA) is 70.9 Å². The molecule has 2 N–H and O–H groups in total. The molecule has 0 saturated carbocycles. The predicted octanol–water partition coefficient (Wildman–Crippen LogP) is 1.39. The molecule has 1 heterocycles. The first kappa shape index (κ1) is 20.7. The Kier molecular flexibility index (Phi) is 5.99. The van der Waals surface area contributed by atoms with Crippen molar-refractivity contribution in [1.29, 1.82) is 0 Å². The molecule has 1 aliphatic heterocycles. The third-order valence-electron chi connectivity index (χ3n) is 4.57. The summed E-state index contributed by atoms with van der Waals surface area (Å²) in [6.07, 6.45) is 0. The Balaban J connectivity index is 1.86. The molecule has 3 rings (SSSR count). The fraction of sp³-hybridized carbons (Fsp3) is 0.278. The van der Waals surface area contributed by atoms with Gasteiger partial charge in [-0.05, 0) is 36.4 Å². The van der Waals surface area contributed by atoms with Crippen molar-refractivity contribution in [2.24, 2.45) is 0 Å².